The van der Waals surface area contributed by atoms with Crippen molar-refractivity contribution < 1.29 is 8.83 Å². The summed E-state index contributed by atoms with van der Waals surface area (Å²) in [5, 5.41) is 10.9. The largest absolute Gasteiger partial charge is 0.456 e. The van der Waals surface area contributed by atoms with Crippen LogP contribution in [0.15, 0.2) is 167 Å². The molecule has 0 spiro atoms. The van der Waals surface area contributed by atoms with E-state index < -0.39 is 0 Å². The third-order valence-electron chi connectivity index (χ3n) is 9.99. The molecule has 244 valence electrons. The van der Waals surface area contributed by atoms with Crippen LogP contribution in [0, 0.1) is 0 Å². The summed E-state index contributed by atoms with van der Waals surface area (Å²) < 4.78 is 15.0. The van der Waals surface area contributed by atoms with Crippen molar-refractivity contribution in [2.45, 2.75) is 12.6 Å². The maximum Gasteiger partial charge on any atom is 0.143 e. The number of furan rings is 2. The SMILES string of the molecule is N/C(=C\C(NCc1ccc2oc3ccccc3c2c1)c1ccc2c(c1)sc1ccc(-c3cccc4c3oc3ccccc34)cc12)c1ccccc1. The summed E-state index contributed by atoms with van der Waals surface area (Å²) >= 11 is 1.82. The van der Waals surface area contributed by atoms with Gasteiger partial charge in [0.15, 0.2) is 0 Å². The number of thiophene rings is 1. The van der Waals surface area contributed by atoms with Gasteiger partial charge in [0.25, 0.3) is 0 Å². The summed E-state index contributed by atoms with van der Waals surface area (Å²) in [7, 11) is 0. The number of fused-ring (bicyclic) bond motifs is 9. The van der Waals surface area contributed by atoms with Crippen LogP contribution in [0.25, 0.3) is 80.9 Å². The maximum atomic E-state index is 6.74. The highest BCUT2D eigenvalue weighted by Crippen LogP contribution is 2.41. The van der Waals surface area contributed by atoms with Gasteiger partial charge in [-0.1, -0.05) is 109 Å². The molecule has 0 aliphatic carbocycles. The van der Waals surface area contributed by atoms with E-state index in [1.807, 2.05) is 53.8 Å². The van der Waals surface area contributed by atoms with Crippen LogP contribution in [-0.2, 0) is 6.54 Å². The van der Waals surface area contributed by atoms with Crippen LogP contribution < -0.4 is 11.1 Å². The molecule has 10 aromatic rings. The van der Waals surface area contributed by atoms with Gasteiger partial charge in [-0.25, -0.2) is 0 Å². The second-order valence-electron chi connectivity index (χ2n) is 13.1. The van der Waals surface area contributed by atoms with Crippen LogP contribution in [-0.4, -0.2) is 0 Å². The Morgan fingerprint density at radius 1 is 0.588 bits per heavy atom. The minimum Gasteiger partial charge on any atom is -0.456 e. The van der Waals surface area contributed by atoms with Crippen LogP contribution in [0.4, 0.5) is 0 Å². The van der Waals surface area contributed by atoms with Gasteiger partial charge in [0.1, 0.15) is 22.3 Å². The maximum absolute atomic E-state index is 6.74. The highest BCUT2D eigenvalue weighted by atomic mass is 32.1. The Balaban J connectivity index is 1.03. The summed E-state index contributed by atoms with van der Waals surface area (Å²) in [6.07, 6.45) is 2.14. The Morgan fingerprint density at radius 2 is 1.33 bits per heavy atom. The first-order valence-electron chi connectivity index (χ1n) is 17.2. The molecule has 0 saturated carbocycles. The topological polar surface area (TPSA) is 64.3 Å². The fraction of sp³-hybridized carbons (Fsp3) is 0.0435. The normalized spacial score (nSPS) is 13.0. The second-order valence-corrected chi connectivity index (χ2v) is 14.2. The minimum absolute atomic E-state index is 0.113. The quantitative estimate of drug-likeness (QED) is 0.176. The summed E-state index contributed by atoms with van der Waals surface area (Å²) in [5.74, 6) is 0. The third kappa shape index (κ3) is 5.18. The molecule has 7 aromatic carbocycles. The number of nitrogens with two attached hydrogens (primary N) is 1. The summed E-state index contributed by atoms with van der Waals surface area (Å²) in [4.78, 5) is 0. The zero-order chi connectivity index (χ0) is 33.9. The smallest absolute Gasteiger partial charge is 0.143 e. The lowest BCUT2D eigenvalue weighted by Gasteiger charge is -2.18. The molecule has 0 fully saturated rings. The molecule has 5 heteroatoms. The Labute approximate surface area is 298 Å². The number of para-hydroxylation sites is 3. The monoisotopic (exact) mass is 676 g/mol. The van der Waals surface area contributed by atoms with Gasteiger partial charge in [-0.15, -0.1) is 11.3 Å². The molecule has 3 heterocycles. The van der Waals surface area contributed by atoms with Crippen LogP contribution in [0.5, 0.6) is 0 Å². The van der Waals surface area contributed by atoms with E-state index in [1.54, 1.807) is 0 Å². The first-order chi connectivity index (χ1) is 25.2. The van der Waals surface area contributed by atoms with E-state index in [-0.39, 0.29) is 6.04 Å². The Kier molecular flexibility index (Phi) is 7.01. The van der Waals surface area contributed by atoms with Gasteiger partial charge >= 0.3 is 0 Å². The van der Waals surface area contributed by atoms with Crippen molar-refractivity contribution in [3.05, 3.63) is 174 Å². The first kappa shape index (κ1) is 29.7. The average molecular weight is 677 g/mol. The van der Waals surface area contributed by atoms with Crippen LogP contribution in [0.2, 0.25) is 0 Å². The lowest BCUT2D eigenvalue weighted by molar-refractivity contribution is 0.622. The molecular weight excluding hydrogens is 645 g/mol. The van der Waals surface area contributed by atoms with Crippen molar-refractivity contribution in [2.24, 2.45) is 5.73 Å². The fourth-order valence-electron chi connectivity index (χ4n) is 7.42. The lowest BCUT2D eigenvalue weighted by atomic mass is 9.99. The van der Waals surface area contributed by atoms with E-state index in [0.717, 1.165) is 71.8 Å². The summed E-state index contributed by atoms with van der Waals surface area (Å²) in [6.45, 7) is 0.667. The Bertz CT molecular complexity index is 2950. The first-order valence-corrected chi connectivity index (χ1v) is 18.0. The number of hydrogen-bond donors (Lipinski definition) is 2. The molecule has 51 heavy (non-hydrogen) atoms. The highest BCUT2D eigenvalue weighted by molar-refractivity contribution is 7.25. The van der Waals surface area contributed by atoms with Gasteiger partial charge in [0, 0.05) is 59.5 Å². The molecule has 3 aromatic heterocycles. The average Bonchev–Trinajstić information content (AvgIpc) is 3.87. The number of hydrogen-bond acceptors (Lipinski definition) is 5. The molecule has 0 aliphatic rings. The molecule has 0 radical (unpaired) electrons. The van der Waals surface area contributed by atoms with Gasteiger partial charge in [-0.05, 0) is 70.8 Å². The van der Waals surface area contributed by atoms with Gasteiger partial charge < -0.3 is 19.9 Å². The lowest BCUT2D eigenvalue weighted by Crippen LogP contribution is -2.20. The van der Waals surface area contributed by atoms with Gasteiger partial charge in [-0.2, -0.15) is 0 Å². The van der Waals surface area contributed by atoms with Crippen molar-refractivity contribution in [2.75, 3.05) is 0 Å². The Morgan fingerprint density at radius 3 is 2.20 bits per heavy atom. The molecule has 10 rings (SSSR count). The van der Waals surface area contributed by atoms with E-state index in [4.69, 9.17) is 14.6 Å². The van der Waals surface area contributed by atoms with Crippen LogP contribution in [0.3, 0.4) is 0 Å². The molecule has 3 N–H and O–H groups in total. The summed E-state index contributed by atoms with van der Waals surface area (Å²) in [5.41, 5.74) is 16.7. The molecule has 0 bridgehead atoms. The van der Waals surface area contributed by atoms with Gasteiger partial charge in [-0.3, -0.25) is 0 Å². The van der Waals surface area contributed by atoms with E-state index in [0.29, 0.717) is 6.54 Å². The highest BCUT2D eigenvalue weighted by Gasteiger charge is 2.16. The van der Waals surface area contributed by atoms with Crippen LogP contribution >= 0.6 is 11.3 Å². The van der Waals surface area contributed by atoms with Gasteiger partial charge in [0.2, 0.25) is 0 Å². The Hall–Kier alpha value is -6.14. The van der Waals surface area contributed by atoms with Crippen molar-refractivity contribution in [3.8, 4) is 11.1 Å². The zero-order valence-corrected chi connectivity index (χ0v) is 28.4. The molecule has 1 unspecified atom stereocenters. The predicted molar refractivity (Wildman–Crippen MR) is 214 cm³/mol. The van der Waals surface area contributed by atoms with Crippen LogP contribution in [0.1, 0.15) is 22.7 Å². The third-order valence-corrected chi connectivity index (χ3v) is 11.1. The number of rotatable bonds is 7. The van der Waals surface area contributed by atoms with Crippen molar-refractivity contribution in [1.82, 2.24) is 5.32 Å². The molecule has 0 amide bonds. The number of nitrogens with one attached hydrogen (secondary N) is 1. The second kappa shape index (κ2) is 12.0. The van der Waals surface area contributed by atoms with E-state index >= 15 is 0 Å². The van der Waals surface area contributed by atoms with Gasteiger partial charge in [0.05, 0.1) is 6.04 Å². The fourth-order valence-corrected chi connectivity index (χ4v) is 8.55. The predicted octanol–water partition coefficient (Wildman–Crippen LogP) is 12.4. The van der Waals surface area contributed by atoms with E-state index in [1.165, 1.54) is 25.7 Å². The van der Waals surface area contributed by atoms with Crippen molar-refractivity contribution >= 4 is 81.1 Å². The van der Waals surface area contributed by atoms with E-state index in [9.17, 15) is 0 Å². The van der Waals surface area contributed by atoms with Crippen molar-refractivity contribution in [3.63, 3.8) is 0 Å². The van der Waals surface area contributed by atoms with Crippen molar-refractivity contribution in [1.29, 1.82) is 0 Å². The standard InChI is InChI=1S/C46H32N2O2S/c47-39(29-9-2-1-3-10-29)26-40(48-27-28-17-21-43-37(23-28)34-12-5-6-15-41(34)49-43)31-18-20-35-38-24-30(19-22-44(38)51-45(35)25-31)32-13-8-14-36-33-11-4-7-16-42(33)50-46(32)36/h1-26,40,48H,27,47H2/b39-26-. The minimum atomic E-state index is -0.113. The molecule has 4 nitrogen and oxygen atoms in total. The van der Waals surface area contributed by atoms with E-state index in [2.05, 4.69) is 121 Å². The molecule has 1 atom stereocenters. The summed E-state index contributed by atoms with van der Waals surface area (Å²) in [6, 6.07) is 53.0. The molecular formula is C46H32N2O2S. The zero-order valence-electron chi connectivity index (χ0n) is 27.6. The molecule has 0 aliphatic heterocycles. The molecule has 0 saturated heterocycles. The number of benzene rings is 7.